The van der Waals surface area contributed by atoms with Crippen molar-refractivity contribution in [1.82, 2.24) is 5.43 Å². The van der Waals surface area contributed by atoms with Crippen molar-refractivity contribution in [3.05, 3.63) is 65.0 Å². The lowest BCUT2D eigenvalue weighted by Gasteiger charge is -2.20. The number of hydrogen-bond acceptors (Lipinski definition) is 3. The Bertz CT molecular complexity index is 634. The molecule has 0 fully saturated rings. The highest BCUT2D eigenvalue weighted by atomic mass is 19.1. The van der Waals surface area contributed by atoms with E-state index in [0.29, 0.717) is 0 Å². The zero-order chi connectivity index (χ0) is 15.4. The van der Waals surface area contributed by atoms with Crippen LogP contribution in [-0.2, 0) is 6.42 Å². The van der Waals surface area contributed by atoms with Gasteiger partial charge in [-0.1, -0.05) is 6.07 Å². The van der Waals surface area contributed by atoms with Gasteiger partial charge in [0, 0.05) is 5.56 Å². The smallest absolute Gasteiger partial charge is 0.131 e. The van der Waals surface area contributed by atoms with Crippen molar-refractivity contribution in [1.29, 1.82) is 0 Å². The minimum atomic E-state index is -0.752. The number of nitrogens with two attached hydrogens (primary N) is 1. The van der Waals surface area contributed by atoms with E-state index in [-0.39, 0.29) is 23.3 Å². The van der Waals surface area contributed by atoms with E-state index in [0.717, 1.165) is 18.2 Å². The molecule has 0 saturated heterocycles. The van der Waals surface area contributed by atoms with E-state index >= 15 is 0 Å². The predicted octanol–water partition coefficient (Wildman–Crippen LogP) is 2.86. The number of hydrazine groups is 1. The van der Waals surface area contributed by atoms with Gasteiger partial charge in [0.05, 0.1) is 13.2 Å². The van der Waals surface area contributed by atoms with Crippen molar-refractivity contribution in [2.75, 3.05) is 7.11 Å². The van der Waals surface area contributed by atoms with Crippen LogP contribution in [-0.4, -0.2) is 7.11 Å². The zero-order valence-corrected chi connectivity index (χ0v) is 11.4. The van der Waals surface area contributed by atoms with Gasteiger partial charge < -0.3 is 4.74 Å². The molecule has 0 aromatic heterocycles. The maximum absolute atomic E-state index is 14.0. The van der Waals surface area contributed by atoms with Crippen LogP contribution in [0.2, 0.25) is 0 Å². The molecule has 0 aliphatic heterocycles. The number of nitrogens with one attached hydrogen (secondary N) is 1. The molecule has 112 valence electrons. The molecule has 1 atom stereocenters. The minimum absolute atomic E-state index is 0.0165. The van der Waals surface area contributed by atoms with Gasteiger partial charge in [-0.15, -0.1) is 0 Å². The molecule has 0 heterocycles. The fourth-order valence-electron chi connectivity index (χ4n) is 2.20. The molecule has 3 N–H and O–H groups in total. The third kappa shape index (κ3) is 3.34. The average Bonchev–Trinajstić information content (AvgIpc) is 2.48. The number of ether oxygens (including phenoxy) is 1. The van der Waals surface area contributed by atoms with Gasteiger partial charge in [0.1, 0.15) is 23.2 Å². The lowest BCUT2D eigenvalue weighted by atomic mass is 9.97. The Balaban J connectivity index is 2.39. The summed E-state index contributed by atoms with van der Waals surface area (Å²) in [5.41, 5.74) is 2.69. The SMILES string of the molecule is COc1cccc(F)c1C(Cc1cc(F)ccc1F)NN. The molecule has 0 radical (unpaired) electrons. The fraction of sp³-hybridized carbons (Fsp3) is 0.200. The molecule has 0 saturated carbocycles. The number of rotatable bonds is 5. The first-order valence-corrected chi connectivity index (χ1v) is 6.29. The Morgan fingerprint density at radius 1 is 1.14 bits per heavy atom. The maximum atomic E-state index is 14.0. The lowest BCUT2D eigenvalue weighted by molar-refractivity contribution is 0.389. The lowest BCUT2D eigenvalue weighted by Crippen LogP contribution is -2.31. The van der Waals surface area contributed by atoms with Crippen molar-refractivity contribution >= 4 is 0 Å². The van der Waals surface area contributed by atoms with E-state index in [1.165, 1.54) is 19.2 Å². The summed E-state index contributed by atoms with van der Waals surface area (Å²) in [7, 11) is 1.40. The predicted molar refractivity (Wildman–Crippen MR) is 73.1 cm³/mol. The molecule has 0 aliphatic carbocycles. The van der Waals surface area contributed by atoms with Crippen LogP contribution in [0.25, 0.3) is 0 Å². The van der Waals surface area contributed by atoms with E-state index in [1.54, 1.807) is 6.07 Å². The Hall–Kier alpha value is -2.05. The molecular formula is C15H15F3N2O. The monoisotopic (exact) mass is 296 g/mol. The van der Waals surface area contributed by atoms with Gasteiger partial charge in [0.25, 0.3) is 0 Å². The first-order chi connectivity index (χ1) is 10.1. The number of methoxy groups -OCH3 is 1. The van der Waals surface area contributed by atoms with Gasteiger partial charge in [-0.05, 0) is 42.3 Å². The average molecular weight is 296 g/mol. The summed E-state index contributed by atoms with van der Waals surface area (Å²) >= 11 is 0. The van der Waals surface area contributed by atoms with Gasteiger partial charge in [0.15, 0.2) is 0 Å². The number of hydrogen-bond donors (Lipinski definition) is 2. The van der Waals surface area contributed by atoms with Crippen molar-refractivity contribution in [3.63, 3.8) is 0 Å². The highest BCUT2D eigenvalue weighted by Gasteiger charge is 2.21. The summed E-state index contributed by atoms with van der Waals surface area (Å²) < 4.78 is 46.0. The van der Waals surface area contributed by atoms with Gasteiger partial charge in [-0.3, -0.25) is 11.3 Å². The van der Waals surface area contributed by atoms with Crippen LogP contribution >= 0.6 is 0 Å². The third-order valence-corrected chi connectivity index (χ3v) is 3.21. The molecule has 2 aromatic carbocycles. The molecule has 2 aromatic rings. The molecule has 21 heavy (non-hydrogen) atoms. The zero-order valence-electron chi connectivity index (χ0n) is 11.4. The number of benzene rings is 2. The normalized spacial score (nSPS) is 12.2. The Labute approximate surface area is 120 Å². The van der Waals surface area contributed by atoms with Crippen molar-refractivity contribution in [3.8, 4) is 5.75 Å². The summed E-state index contributed by atoms with van der Waals surface area (Å²) in [6.45, 7) is 0. The van der Waals surface area contributed by atoms with Gasteiger partial charge in [-0.25, -0.2) is 13.2 Å². The topological polar surface area (TPSA) is 47.3 Å². The van der Waals surface area contributed by atoms with Crippen molar-refractivity contribution < 1.29 is 17.9 Å². The number of halogens is 3. The first-order valence-electron chi connectivity index (χ1n) is 6.29. The molecule has 0 aliphatic rings. The van der Waals surface area contributed by atoms with Crippen LogP contribution in [0, 0.1) is 17.5 Å². The Morgan fingerprint density at radius 2 is 1.90 bits per heavy atom. The van der Waals surface area contributed by atoms with Crippen molar-refractivity contribution in [2.24, 2.45) is 5.84 Å². The van der Waals surface area contributed by atoms with E-state index in [4.69, 9.17) is 10.6 Å². The molecule has 0 bridgehead atoms. The van der Waals surface area contributed by atoms with Crippen LogP contribution in [0.4, 0.5) is 13.2 Å². The third-order valence-electron chi connectivity index (χ3n) is 3.21. The van der Waals surface area contributed by atoms with Crippen LogP contribution in [0.3, 0.4) is 0 Å². The molecule has 1 unspecified atom stereocenters. The fourth-order valence-corrected chi connectivity index (χ4v) is 2.20. The Morgan fingerprint density at radius 3 is 2.57 bits per heavy atom. The van der Waals surface area contributed by atoms with E-state index in [9.17, 15) is 13.2 Å². The van der Waals surface area contributed by atoms with Gasteiger partial charge in [0.2, 0.25) is 0 Å². The quantitative estimate of drug-likeness (QED) is 0.659. The van der Waals surface area contributed by atoms with E-state index in [2.05, 4.69) is 5.43 Å². The maximum Gasteiger partial charge on any atom is 0.131 e. The Kier molecular flexibility index (Phi) is 4.82. The summed E-state index contributed by atoms with van der Waals surface area (Å²) in [6.07, 6.45) is -0.0165. The standard InChI is InChI=1S/C15H15F3N2O/c1-21-14-4-2-3-12(18)15(14)13(20-19)8-9-7-10(16)5-6-11(9)17/h2-7,13,20H,8,19H2,1H3. The molecule has 3 nitrogen and oxygen atoms in total. The highest BCUT2D eigenvalue weighted by molar-refractivity contribution is 5.38. The van der Waals surface area contributed by atoms with Crippen LogP contribution in [0.1, 0.15) is 17.2 Å². The molecule has 0 amide bonds. The molecule has 2 rings (SSSR count). The second kappa shape index (κ2) is 6.60. The van der Waals surface area contributed by atoms with E-state index in [1.807, 2.05) is 0 Å². The van der Waals surface area contributed by atoms with Crippen LogP contribution in [0.15, 0.2) is 36.4 Å². The first kappa shape index (κ1) is 15.3. The molecule has 0 spiro atoms. The summed E-state index contributed by atoms with van der Waals surface area (Å²) in [6, 6.07) is 6.68. The largest absolute Gasteiger partial charge is 0.496 e. The second-order valence-corrected chi connectivity index (χ2v) is 4.51. The van der Waals surface area contributed by atoms with E-state index < -0.39 is 23.5 Å². The van der Waals surface area contributed by atoms with Crippen LogP contribution in [0.5, 0.6) is 5.75 Å². The van der Waals surface area contributed by atoms with Crippen molar-refractivity contribution in [2.45, 2.75) is 12.5 Å². The van der Waals surface area contributed by atoms with Gasteiger partial charge in [-0.2, -0.15) is 0 Å². The molecular weight excluding hydrogens is 281 g/mol. The minimum Gasteiger partial charge on any atom is -0.496 e. The summed E-state index contributed by atoms with van der Waals surface area (Å²) in [5, 5.41) is 0. The van der Waals surface area contributed by atoms with Crippen LogP contribution < -0.4 is 16.0 Å². The second-order valence-electron chi connectivity index (χ2n) is 4.51. The summed E-state index contributed by atoms with van der Waals surface area (Å²) in [4.78, 5) is 0. The molecule has 6 heteroatoms. The summed E-state index contributed by atoms with van der Waals surface area (Å²) in [5.74, 6) is 4.05. The van der Waals surface area contributed by atoms with Gasteiger partial charge >= 0.3 is 0 Å². The highest BCUT2D eigenvalue weighted by Crippen LogP contribution is 2.30.